The minimum absolute atomic E-state index is 0.245. The molecule has 0 unspecified atom stereocenters. The molecule has 7 heteroatoms. The Hall–Kier alpha value is -1.89. The fraction of sp³-hybridized carbons (Fsp3) is 0.263. The molecule has 2 aromatic carbocycles. The molecule has 136 valence electrons. The summed E-state index contributed by atoms with van der Waals surface area (Å²) in [6.45, 7) is 0.989. The SMILES string of the molecule is O=C(NNC(=O)C1(c2ccc(Br)cc2)CCOCC1)c1ccc(Cl)cc1. The third kappa shape index (κ3) is 4.09. The van der Waals surface area contributed by atoms with Crippen molar-refractivity contribution in [3.05, 3.63) is 69.2 Å². The average molecular weight is 438 g/mol. The lowest BCUT2D eigenvalue weighted by Crippen LogP contribution is -2.53. The van der Waals surface area contributed by atoms with E-state index in [0.29, 0.717) is 36.6 Å². The molecule has 1 fully saturated rings. The summed E-state index contributed by atoms with van der Waals surface area (Å²) in [6.07, 6.45) is 1.11. The third-order valence-corrected chi connectivity index (χ3v) is 5.35. The highest BCUT2D eigenvalue weighted by molar-refractivity contribution is 9.10. The van der Waals surface area contributed by atoms with Gasteiger partial charge in [-0.3, -0.25) is 20.4 Å². The van der Waals surface area contributed by atoms with E-state index in [9.17, 15) is 9.59 Å². The van der Waals surface area contributed by atoms with E-state index in [1.807, 2.05) is 24.3 Å². The van der Waals surface area contributed by atoms with Crippen molar-refractivity contribution in [1.82, 2.24) is 10.9 Å². The average Bonchev–Trinajstić information content (AvgIpc) is 2.67. The number of rotatable bonds is 3. The Labute approximate surface area is 165 Å². The molecule has 2 aromatic rings. The summed E-state index contributed by atoms with van der Waals surface area (Å²) >= 11 is 9.24. The van der Waals surface area contributed by atoms with E-state index in [4.69, 9.17) is 16.3 Å². The number of halogens is 2. The van der Waals surface area contributed by atoms with Gasteiger partial charge in [0.15, 0.2) is 0 Å². The molecule has 1 aliphatic heterocycles. The van der Waals surface area contributed by atoms with Crippen molar-refractivity contribution in [2.24, 2.45) is 0 Å². The number of carbonyl (C=O) groups is 2. The largest absolute Gasteiger partial charge is 0.381 e. The number of nitrogens with one attached hydrogen (secondary N) is 2. The predicted octanol–water partition coefficient (Wildman–Crippen LogP) is 3.61. The van der Waals surface area contributed by atoms with Crippen LogP contribution in [0.5, 0.6) is 0 Å². The first-order valence-electron chi connectivity index (χ1n) is 8.21. The van der Waals surface area contributed by atoms with Crippen LogP contribution in [-0.4, -0.2) is 25.0 Å². The van der Waals surface area contributed by atoms with Crippen molar-refractivity contribution < 1.29 is 14.3 Å². The van der Waals surface area contributed by atoms with Crippen LogP contribution in [0, 0.1) is 0 Å². The van der Waals surface area contributed by atoms with Gasteiger partial charge >= 0.3 is 0 Å². The lowest BCUT2D eigenvalue weighted by Gasteiger charge is -2.36. The molecule has 0 atom stereocenters. The summed E-state index contributed by atoms with van der Waals surface area (Å²) < 4.78 is 6.38. The van der Waals surface area contributed by atoms with Gasteiger partial charge < -0.3 is 4.74 Å². The van der Waals surface area contributed by atoms with Gasteiger partial charge in [-0.05, 0) is 54.8 Å². The highest BCUT2D eigenvalue weighted by Gasteiger charge is 2.41. The first kappa shape index (κ1) is 18.9. The van der Waals surface area contributed by atoms with E-state index in [-0.39, 0.29) is 5.91 Å². The van der Waals surface area contributed by atoms with Crippen LogP contribution >= 0.6 is 27.5 Å². The van der Waals surface area contributed by atoms with Gasteiger partial charge in [0.1, 0.15) is 0 Å². The summed E-state index contributed by atoms with van der Waals surface area (Å²) in [4.78, 5) is 25.2. The van der Waals surface area contributed by atoms with Crippen LogP contribution in [0.2, 0.25) is 5.02 Å². The molecule has 1 saturated heterocycles. The molecule has 0 radical (unpaired) electrons. The highest BCUT2D eigenvalue weighted by atomic mass is 79.9. The smallest absolute Gasteiger partial charge is 0.269 e. The topological polar surface area (TPSA) is 67.4 Å². The maximum absolute atomic E-state index is 13.0. The lowest BCUT2D eigenvalue weighted by atomic mass is 9.73. The molecule has 0 aromatic heterocycles. The highest BCUT2D eigenvalue weighted by Crippen LogP contribution is 2.35. The van der Waals surface area contributed by atoms with E-state index in [1.165, 1.54) is 0 Å². The van der Waals surface area contributed by atoms with E-state index in [2.05, 4.69) is 26.8 Å². The number of amides is 2. The maximum Gasteiger partial charge on any atom is 0.269 e. The Morgan fingerprint density at radius 3 is 2.19 bits per heavy atom. The standard InChI is InChI=1S/C19H18BrClN2O3/c20-15-5-3-14(4-6-15)19(9-11-26-12-10-19)18(25)23-22-17(24)13-1-7-16(21)8-2-13/h1-8H,9-12H2,(H,22,24)(H,23,25). The van der Waals surface area contributed by atoms with Crippen molar-refractivity contribution in [3.8, 4) is 0 Å². The molecule has 0 aliphatic carbocycles. The van der Waals surface area contributed by atoms with Crippen LogP contribution in [0.15, 0.2) is 53.0 Å². The van der Waals surface area contributed by atoms with Crippen molar-refractivity contribution >= 4 is 39.3 Å². The zero-order valence-electron chi connectivity index (χ0n) is 13.9. The molecule has 0 saturated carbocycles. The van der Waals surface area contributed by atoms with Gasteiger partial charge in [0.2, 0.25) is 5.91 Å². The Kier molecular flexibility index (Phi) is 5.96. The van der Waals surface area contributed by atoms with Crippen molar-refractivity contribution in [1.29, 1.82) is 0 Å². The third-order valence-electron chi connectivity index (χ3n) is 4.57. The summed E-state index contributed by atoms with van der Waals surface area (Å²) in [5.74, 6) is -0.640. The Balaban J connectivity index is 1.74. The first-order valence-corrected chi connectivity index (χ1v) is 9.38. The number of hydrogen-bond acceptors (Lipinski definition) is 3. The van der Waals surface area contributed by atoms with E-state index < -0.39 is 11.3 Å². The van der Waals surface area contributed by atoms with Crippen LogP contribution in [-0.2, 0) is 14.9 Å². The second-order valence-corrected chi connectivity index (χ2v) is 7.47. The molecule has 2 amide bonds. The molecule has 1 heterocycles. The number of hydrogen-bond donors (Lipinski definition) is 2. The van der Waals surface area contributed by atoms with Gasteiger partial charge in [-0.2, -0.15) is 0 Å². The number of ether oxygens (including phenoxy) is 1. The molecule has 3 rings (SSSR count). The summed E-state index contributed by atoms with van der Waals surface area (Å²) in [7, 11) is 0. The van der Waals surface area contributed by atoms with E-state index in [0.717, 1.165) is 10.0 Å². The minimum atomic E-state index is -0.730. The van der Waals surface area contributed by atoms with Crippen molar-refractivity contribution in [3.63, 3.8) is 0 Å². The van der Waals surface area contributed by atoms with Gasteiger partial charge in [-0.1, -0.05) is 39.7 Å². The normalized spacial score (nSPS) is 15.9. The summed E-state index contributed by atoms with van der Waals surface area (Å²) in [6, 6.07) is 14.1. The molecule has 1 aliphatic rings. The van der Waals surface area contributed by atoms with Crippen LogP contribution in [0.3, 0.4) is 0 Å². The van der Waals surface area contributed by atoms with Crippen LogP contribution in [0.1, 0.15) is 28.8 Å². The molecule has 26 heavy (non-hydrogen) atoms. The van der Waals surface area contributed by atoms with Crippen molar-refractivity contribution in [2.75, 3.05) is 13.2 Å². The van der Waals surface area contributed by atoms with Gasteiger partial charge in [0.05, 0.1) is 5.41 Å². The van der Waals surface area contributed by atoms with Gasteiger partial charge in [-0.25, -0.2) is 0 Å². The van der Waals surface area contributed by atoms with Crippen molar-refractivity contribution in [2.45, 2.75) is 18.3 Å². The number of hydrazine groups is 1. The molecular weight excluding hydrogens is 420 g/mol. The quantitative estimate of drug-likeness (QED) is 0.721. The molecule has 5 nitrogen and oxygen atoms in total. The predicted molar refractivity (Wildman–Crippen MR) is 103 cm³/mol. The number of carbonyl (C=O) groups excluding carboxylic acids is 2. The Bertz CT molecular complexity index is 787. The van der Waals surface area contributed by atoms with Crippen LogP contribution in [0.25, 0.3) is 0 Å². The van der Waals surface area contributed by atoms with Crippen LogP contribution < -0.4 is 10.9 Å². The second-order valence-electron chi connectivity index (χ2n) is 6.12. The first-order chi connectivity index (χ1) is 12.5. The minimum Gasteiger partial charge on any atom is -0.381 e. The van der Waals surface area contributed by atoms with Gasteiger partial charge in [-0.15, -0.1) is 0 Å². The Morgan fingerprint density at radius 2 is 1.58 bits per heavy atom. The molecular formula is C19H18BrClN2O3. The molecule has 0 spiro atoms. The summed E-state index contributed by atoms with van der Waals surface area (Å²) in [5, 5.41) is 0.544. The lowest BCUT2D eigenvalue weighted by molar-refractivity contribution is -0.131. The zero-order valence-corrected chi connectivity index (χ0v) is 16.3. The molecule has 0 bridgehead atoms. The van der Waals surface area contributed by atoms with E-state index in [1.54, 1.807) is 24.3 Å². The fourth-order valence-corrected chi connectivity index (χ4v) is 3.43. The molecule has 2 N–H and O–H groups in total. The summed E-state index contributed by atoms with van der Waals surface area (Å²) in [5.41, 5.74) is 5.66. The second kappa shape index (κ2) is 8.20. The van der Waals surface area contributed by atoms with Gasteiger partial charge in [0, 0.05) is 28.3 Å². The van der Waals surface area contributed by atoms with Gasteiger partial charge in [0.25, 0.3) is 5.91 Å². The monoisotopic (exact) mass is 436 g/mol. The number of benzene rings is 2. The Morgan fingerprint density at radius 1 is 0.962 bits per heavy atom. The van der Waals surface area contributed by atoms with E-state index >= 15 is 0 Å². The van der Waals surface area contributed by atoms with Crippen LogP contribution in [0.4, 0.5) is 0 Å². The maximum atomic E-state index is 13.0. The zero-order chi connectivity index (χ0) is 18.6. The fourth-order valence-electron chi connectivity index (χ4n) is 3.04.